The summed E-state index contributed by atoms with van der Waals surface area (Å²) in [7, 11) is 0. The molecule has 2 aliphatic rings. The van der Waals surface area contributed by atoms with Crippen molar-refractivity contribution in [1.82, 2.24) is 14.8 Å². The van der Waals surface area contributed by atoms with Gasteiger partial charge >= 0.3 is 0 Å². The Morgan fingerprint density at radius 2 is 1.87 bits per heavy atom. The standard InChI is InChI=1S/C25H26BrN3O2/c1-3-4-13-28-15-21(30)29-14-19(16-9-11-17(26)12-10-16)22-18-7-5-6-8-20(18)27-23(22)25(29,2)24(28)31/h5-12,19,27H,3-4,13-15H2,1-2H3. The summed E-state index contributed by atoms with van der Waals surface area (Å²) in [5, 5.41) is 1.12. The number of fused-ring (bicyclic) bond motifs is 5. The number of aromatic nitrogens is 1. The highest BCUT2D eigenvalue weighted by Gasteiger charge is 2.56. The number of amides is 2. The average Bonchev–Trinajstić information content (AvgIpc) is 3.17. The van der Waals surface area contributed by atoms with E-state index in [9.17, 15) is 9.59 Å². The Hall–Kier alpha value is -2.60. The summed E-state index contributed by atoms with van der Waals surface area (Å²) in [6.07, 6.45) is 1.89. The van der Waals surface area contributed by atoms with Gasteiger partial charge in [-0.3, -0.25) is 9.59 Å². The predicted molar refractivity (Wildman–Crippen MR) is 125 cm³/mol. The second-order valence-corrected chi connectivity index (χ2v) is 9.64. The van der Waals surface area contributed by atoms with Crippen LogP contribution in [0.3, 0.4) is 0 Å². The fourth-order valence-corrected chi connectivity index (χ4v) is 5.46. The summed E-state index contributed by atoms with van der Waals surface area (Å²) in [5.41, 5.74) is 3.12. The quantitative estimate of drug-likeness (QED) is 0.586. The third kappa shape index (κ3) is 3.03. The van der Waals surface area contributed by atoms with Crippen LogP contribution in [0.1, 0.15) is 49.4 Å². The van der Waals surface area contributed by atoms with Crippen molar-refractivity contribution in [3.05, 3.63) is 69.8 Å². The second-order valence-electron chi connectivity index (χ2n) is 8.72. The van der Waals surface area contributed by atoms with E-state index in [1.165, 1.54) is 0 Å². The Bertz CT molecular complexity index is 1170. The maximum Gasteiger partial charge on any atom is 0.254 e. The molecule has 0 spiro atoms. The number of piperazine rings is 1. The van der Waals surface area contributed by atoms with E-state index in [1.807, 2.05) is 42.2 Å². The van der Waals surface area contributed by atoms with Gasteiger partial charge in [0.25, 0.3) is 5.91 Å². The number of carbonyl (C=O) groups excluding carboxylic acids is 2. The molecule has 1 aromatic heterocycles. The Kier molecular flexibility index (Phi) is 4.93. The van der Waals surface area contributed by atoms with Crippen molar-refractivity contribution in [2.75, 3.05) is 19.6 Å². The Balaban J connectivity index is 1.72. The highest BCUT2D eigenvalue weighted by Crippen LogP contribution is 2.48. The fraction of sp³-hybridized carbons (Fsp3) is 0.360. The average molecular weight is 480 g/mol. The Labute approximate surface area is 190 Å². The minimum atomic E-state index is -1.01. The molecule has 0 radical (unpaired) electrons. The van der Waals surface area contributed by atoms with Crippen LogP contribution in [0.25, 0.3) is 10.9 Å². The molecule has 6 heteroatoms. The van der Waals surface area contributed by atoms with Gasteiger partial charge in [0.05, 0.1) is 12.2 Å². The van der Waals surface area contributed by atoms with Crippen LogP contribution in [-0.4, -0.2) is 46.2 Å². The SMILES string of the molecule is CCCCN1CC(=O)N2CC(c3ccc(Br)cc3)c3c([nH]c4ccccc34)C2(C)C1=O. The first-order valence-electron chi connectivity index (χ1n) is 10.9. The lowest BCUT2D eigenvalue weighted by molar-refractivity contribution is -0.166. The molecule has 5 rings (SSSR count). The second kappa shape index (κ2) is 7.52. The lowest BCUT2D eigenvalue weighted by atomic mass is 9.76. The normalized spacial score (nSPS) is 23.3. The van der Waals surface area contributed by atoms with E-state index < -0.39 is 5.54 Å². The van der Waals surface area contributed by atoms with E-state index in [0.717, 1.165) is 45.0 Å². The Morgan fingerprint density at radius 1 is 1.13 bits per heavy atom. The molecule has 2 aromatic carbocycles. The number of carbonyl (C=O) groups is 2. The molecule has 0 bridgehead atoms. The van der Waals surface area contributed by atoms with Crippen LogP contribution in [0.15, 0.2) is 53.0 Å². The number of nitrogens with zero attached hydrogens (tertiary/aromatic N) is 2. The molecule has 0 aliphatic carbocycles. The molecule has 5 nitrogen and oxygen atoms in total. The number of unbranched alkanes of at least 4 members (excludes halogenated alkanes) is 1. The predicted octanol–water partition coefficient (Wildman–Crippen LogP) is 4.76. The molecule has 2 unspecified atom stereocenters. The summed E-state index contributed by atoms with van der Waals surface area (Å²) in [5.74, 6) is 0.0403. The van der Waals surface area contributed by atoms with E-state index in [-0.39, 0.29) is 24.3 Å². The highest BCUT2D eigenvalue weighted by molar-refractivity contribution is 9.10. The van der Waals surface area contributed by atoms with E-state index >= 15 is 0 Å². The van der Waals surface area contributed by atoms with Crippen LogP contribution in [0, 0.1) is 0 Å². The molecule has 160 valence electrons. The van der Waals surface area contributed by atoms with Gasteiger partial charge in [-0.2, -0.15) is 0 Å². The number of H-pyrrole nitrogens is 1. The van der Waals surface area contributed by atoms with Crippen LogP contribution in [0.4, 0.5) is 0 Å². The third-order valence-corrected chi connectivity index (χ3v) is 7.40. The topological polar surface area (TPSA) is 56.4 Å². The maximum atomic E-state index is 13.8. The first kappa shape index (κ1) is 20.3. The van der Waals surface area contributed by atoms with Gasteiger partial charge < -0.3 is 14.8 Å². The zero-order valence-electron chi connectivity index (χ0n) is 17.8. The summed E-state index contributed by atoms with van der Waals surface area (Å²) in [6, 6.07) is 16.5. The summed E-state index contributed by atoms with van der Waals surface area (Å²) in [6.45, 7) is 5.30. The van der Waals surface area contributed by atoms with Gasteiger partial charge in [-0.15, -0.1) is 0 Å². The fourth-order valence-electron chi connectivity index (χ4n) is 5.20. The van der Waals surface area contributed by atoms with E-state index in [4.69, 9.17) is 0 Å². The molecule has 1 saturated heterocycles. The number of benzene rings is 2. The molecular weight excluding hydrogens is 454 g/mol. The van der Waals surface area contributed by atoms with Crippen molar-refractivity contribution in [3.8, 4) is 0 Å². The van der Waals surface area contributed by atoms with Crippen molar-refractivity contribution in [2.45, 2.75) is 38.1 Å². The molecule has 0 saturated carbocycles. The zero-order valence-corrected chi connectivity index (χ0v) is 19.4. The van der Waals surface area contributed by atoms with Gasteiger partial charge in [0.1, 0.15) is 0 Å². The largest absolute Gasteiger partial charge is 0.356 e. The lowest BCUT2D eigenvalue weighted by Crippen LogP contribution is -2.67. The van der Waals surface area contributed by atoms with E-state index in [2.05, 4.69) is 46.0 Å². The van der Waals surface area contributed by atoms with Crippen LogP contribution >= 0.6 is 15.9 Å². The first-order valence-corrected chi connectivity index (χ1v) is 11.7. The monoisotopic (exact) mass is 479 g/mol. The van der Waals surface area contributed by atoms with Crippen molar-refractivity contribution >= 4 is 38.6 Å². The lowest BCUT2D eigenvalue weighted by Gasteiger charge is -2.51. The highest BCUT2D eigenvalue weighted by atomic mass is 79.9. The van der Waals surface area contributed by atoms with Gasteiger partial charge in [0.2, 0.25) is 5.91 Å². The minimum absolute atomic E-state index is 0.00580. The number of hydrogen-bond donors (Lipinski definition) is 1. The number of para-hydroxylation sites is 1. The number of aromatic amines is 1. The van der Waals surface area contributed by atoms with E-state index in [0.29, 0.717) is 13.1 Å². The van der Waals surface area contributed by atoms with Gasteiger partial charge in [-0.1, -0.05) is 59.6 Å². The first-order chi connectivity index (χ1) is 14.9. The molecule has 1 fully saturated rings. The van der Waals surface area contributed by atoms with Crippen LogP contribution in [-0.2, 0) is 15.1 Å². The molecule has 31 heavy (non-hydrogen) atoms. The molecule has 2 amide bonds. The number of nitrogens with one attached hydrogen (secondary N) is 1. The van der Waals surface area contributed by atoms with Gasteiger partial charge in [0.15, 0.2) is 5.54 Å². The van der Waals surface area contributed by atoms with Crippen molar-refractivity contribution in [2.24, 2.45) is 0 Å². The number of halogens is 1. The van der Waals surface area contributed by atoms with Crippen molar-refractivity contribution in [1.29, 1.82) is 0 Å². The number of rotatable bonds is 4. The van der Waals surface area contributed by atoms with Crippen molar-refractivity contribution < 1.29 is 9.59 Å². The molecular formula is C25H26BrN3O2. The molecule has 2 atom stereocenters. The maximum absolute atomic E-state index is 13.8. The van der Waals surface area contributed by atoms with Crippen LogP contribution in [0.2, 0.25) is 0 Å². The zero-order chi connectivity index (χ0) is 21.8. The van der Waals surface area contributed by atoms with Crippen LogP contribution in [0.5, 0.6) is 0 Å². The third-order valence-electron chi connectivity index (χ3n) is 6.87. The molecule has 1 N–H and O–H groups in total. The Morgan fingerprint density at radius 3 is 2.61 bits per heavy atom. The van der Waals surface area contributed by atoms with Gasteiger partial charge in [-0.25, -0.2) is 0 Å². The van der Waals surface area contributed by atoms with Crippen LogP contribution < -0.4 is 0 Å². The summed E-state index contributed by atoms with van der Waals surface area (Å²) in [4.78, 5) is 34.2. The summed E-state index contributed by atoms with van der Waals surface area (Å²) >= 11 is 3.52. The molecule has 3 heterocycles. The summed E-state index contributed by atoms with van der Waals surface area (Å²) < 4.78 is 1.02. The minimum Gasteiger partial charge on any atom is -0.356 e. The van der Waals surface area contributed by atoms with Gasteiger partial charge in [-0.05, 0) is 42.7 Å². The van der Waals surface area contributed by atoms with Gasteiger partial charge in [0, 0.05) is 34.4 Å². The smallest absolute Gasteiger partial charge is 0.254 e. The van der Waals surface area contributed by atoms with Crippen molar-refractivity contribution in [3.63, 3.8) is 0 Å². The molecule has 3 aromatic rings. The number of hydrogen-bond acceptors (Lipinski definition) is 2. The van der Waals surface area contributed by atoms with E-state index in [1.54, 1.807) is 4.90 Å². The molecule has 2 aliphatic heterocycles.